The first-order chi connectivity index (χ1) is 18.1. The summed E-state index contributed by atoms with van der Waals surface area (Å²) in [5, 5.41) is 25.5. The number of hydrogen-bond donors (Lipinski definition) is 0. The SMILES string of the molecule is C#Cc1ccc(C2=CN=C(C(CC3CC3)c3ccc(-c4cc(Cl)ccc4-n4cnnn4)c[n+]3[O-])C2)cc1. The Morgan fingerprint density at radius 3 is 2.62 bits per heavy atom. The van der Waals surface area contributed by atoms with Crippen molar-refractivity contribution >= 4 is 22.9 Å². The summed E-state index contributed by atoms with van der Waals surface area (Å²) in [6, 6.07) is 17.3. The van der Waals surface area contributed by atoms with Gasteiger partial charge in [-0.2, -0.15) is 9.41 Å². The highest BCUT2D eigenvalue weighted by molar-refractivity contribution is 6.31. The quantitative estimate of drug-likeness (QED) is 0.192. The molecule has 1 unspecified atom stereocenters. The normalized spacial score (nSPS) is 15.7. The van der Waals surface area contributed by atoms with E-state index in [2.05, 4.69) is 21.4 Å². The molecule has 1 fully saturated rings. The van der Waals surface area contributed by atoms with Gasteiger partial charge in [0.15, 0.2) is 6.20 Å². The molecule has 2 aliphatic rings. The van der Waals surface area contributed by atoms with Crippen LogP contribution in [-0.4, -0.2) is 25.9 Å². The van der Waals surface area contributed by atoms with E-state index >= 15 is 0 Å². The maximum Gasteiger partial charge on any atom is 0.201 e. The smallest absolute Gasteiger partial charge is 0.201 e. The summed E-state index contributed by atoms with van der Waals surface area (Å²) in [7, 11) is 0. The number of aromatic nitrogens is 5. The molecule has 4 aromatic rings. The van der Waals surface area contributed by atoms with Gasteiger partial charge in [-0.25, -0.2) is 0 Å². The predicted octanol–water partition coefficient (Wildman–Crippen LogP) is 5.37. The maximum atomic E-state index is 13.5. The van der Waals surface area contributed by atoms with Crippen LogP contribution in [0.25, 0.3) is 22.4 Å². The molecule has 2 aromatic heterocycles. The number of halogens is 1. The average molecular weight is 507 g/mol. The Balaban J connectivity index is 1.30. The van der Waals surface area contributed by atoms with Gasteiger partial charge in [0.25, 0.3) is 0 Å². The summed E-state index contributed by atoms with van der Waals surface area (Å²) in [6.07, 6.45) is 14.6. The third kappa shape index (κ3) is 4.76. The minimum atomic E-state index is -0.0453. The summed E-state index contributed by atoms with van der Waals surface area (Å²) in [6.45, 7) is 0. The largest absolute Gasteiger partial charge is 0.618 e. The molecule has 0 radical (unpaired) electrons. The van der Waals surface area contributed by atoms with Gasteiger partial charge < -0.3 is 5.21 Å². The lowest BCUT2D eigenvalue weighted by Gasteiger charge is -2.18. The second-order valence-corrected chi connectivity index (χ2v) is 9.93. The van der Waals surface area contributed by atoms with Gasteiger partial charge in [-0.15, -0.1) is 11.5 Å². The maximum absolute atomic E-state index is 13.5. The first-order valence-electron chi connectivity index (χ1n) is 12.2. The first kappa shape index (κ1) is 23.1. The van der Waals surface area contributed by atoms with E-state index in [1.54, 1.807) is 16.9 Å². The fourth-order valence-electron chi connectivity index (χ4n) is 4.86. The third-order valence-corrected chi connectivity index (χ3v) is 7.25. The van der Waals surface area contributed by atoms with Gasteiger partial charge in [0.2, 0.25) is 5.69 Å². The Labute approximate surface area is 219 Å². The van der Waals surface area contributed by atoms with Crippen LogP contribution in [0.15, 0.2) is 78.3 Å². The highest BCUT2D eigenvalue weighted by Crippen LogP contribution is 2.41. The molecule has 7 nitrogen and oxygen atoms in total. The molecule has 8 heteroatoms. The zero-order valence-electron chi connectivity index (χ0n) is 20.0. The van der Waals surface area contributed by atoms with Crippen molar-refractivity contribution < 1.29 is 4.73 Å². The average Bonchev–Trinajstić information content (AvgIpc) is 3.36. The van der Waals surface area contributed by atoms with Crippen LogP contribution in [-0.2, 0) is 0 Å². The number of benzene rings is 2. The van der Waals surface area contributed by atoms with Crippen molar-refractivity contribution in [2.24, 2.45) is 10.9 Å². The Kier molecular flexibility index (Phi) is 6.03. The molecule has 3 heterocycles. The van der Waals surface area contributed by atoms with Gasteiger partial charge in [-0.3, -0.25) is 4.99 Å². The second kappa shape index (κ2) is 9.64. The zero-order valence-corrected chi connectivity index (χ0v) is 20.7. The lowest BCUT2D eigenvalue weighted by molar-refractivity contribution is -0.614. The summed E-state index contributed by atoms with van der Waals surface area (Å²) in [4.78, 5) is 4.79. The van der Waals surface area contributed by atoms with Gasteiger partial charge in [0.1, 0.15) is 6.33 Å². The van der Waals surface area contributed by atoms with E-state index in [0.29, 0.717) is 23.1 Å². The fourth-order valence-corrected chi connectivity index (χ4v) is 5.04. The van der Waals surface area contributed by atoms with E-state index < -0.39 is 0 Å². The number of tetrazole rings is 1. The van der Waals surface area contributed by atoms with Crippen LogP contribution < -0.4 is 4.73 Å². The third-order valence-electron chi connectivity index (χ3n) is 7.02. The summed E-state index contributed by atoms with van der Waals surface area (Å²) >= 11 is 6.30. The Morgan fingerprint density at radius 1 is 1.11 bits per heavy atom. The lowest BCUT2D eigenvalue weighted by Crippen LogP contribution is -2.35. The van der Waals surface area contributed by atoms with Crippen LogP contribution in [0.2, 0.25) is 5.02 Å². The number of rotatable bonds is 7. The number of aliphatic imine (C=N–C) groups is 1. The van der Waals surface area contributed by atoms with Crippen molar-refractivity contribution in [3.63, 3.8) is 0 Å². The molecule has 0 spiro atoms. The first-order valence-corrected chi connectivity index (χ1v) is 12.6. The van der Waals surface area contributed by atoms with Gasteiger partial charge in [0, 0.05) is 46.1 Å². The van der Waals surface area contributed by atoms with Crippen LogP contribution in [0, 0.1) is 23.5 Å². The Morgan fingerprint density at radius 2 is 1.92 bits per heavy atom. The molecule has 0 N–H and O–H groups in total. The Hall–Kier alpha value is -4.28. The highest BCUT2D eigenvalue weighted by atomic mass is 35.5. The molecule has 6 rings (SSSR count). The Bertz CT molecular complexity index is 1560. The van der Waals surface area contributed by atoms with Crippen molar-refractivity contribution in [1.82, 2.24) is 20.2 Å². The predicted molar refractivity (Wildman–Crippen MR) is 143 cm³/mol. The van der Waals surface area contributed by atoms with E-state index in [4.69, 9.17) is 23.0 Å². The van der Waals surface area contributed by atoms with E-state index in [0.717, 1.165) is 50.4 Å². The van der Waals surface area contributed by atoms with Crippen molar-refractivity contribution in [2.75, 3.05) is 0 Å². The topological polar surface area (TPSA) is 82.9 Å². The summed E-state index contributed by atoms with van der Waals surface area (Å²) in [5.41, 5.74) is 7.06. The van der Waals surface area contributed by atoms with Crippen LogP contribution in [0.5, 0.6) is 0 Å². The van der Waals surface area contributed by atoms with Crippen LogP contribution in [0.3, 0.4) is 0 Å². The van der Waals surface area contributed by atoms with E-state index in [-0.39, 0.29) is 5.92 Å². The molecule has 1 saturated carbocycles. The minimum Gasteiger partial charge on any atom is -0.618 e. The van der Waals surface area contributed by atoms with Crippen LogP contribution >= 0.6 is 11.6 Å². The fraction of sp³-hybridized carbons (Fsp3) is 0.207. The molecule has 1 aliphatic carbocycles. The molecule has 2 aromatic carbocycles. The second-order valence-electron chi connectivity index (χ2n) is 9.49. The molecule has 182 valence electrons. The summed E-state index contributed by atoms with van der Waals surface area (Å²) in [5.74, 6) is 3.24. The number of hydrogen-bond acceptors (Lipinski definition) is 5. The van der Waals surface area contributed by atoms with Gasteiger partial charge in [-0.05, 0) is 70.3 Å². The van der Waals surface area contributed by atoms with Crippen molar-refractivity contribution in [1.29, 1.82) is 0 Å². The highest BCUT2D eigenvalue weighted by Gasteiger charge is 2.34. The molecule has 37 heavy (non-hydrogen) atoms. The molecule has 0 amide bonds. The standard InChI is InChI=1S/C29H23ClN6O/c1-2-19-5-7-21(8-6-19)23-14-27(31-16-23)26(13-20-3-4-20)29-11-9-22(17-36(29)37)25-15-24(30)10-12-28(25)35-18-32-33-34-35/h1,5-12,15-18,20,26H,3-4,13-14H2. The van der Waals surface area contributed by atoms with Gasteiger partial charge in [-0.1, -0.05) is 42.5 Å². The monoisotopic (exact) mass is 506 g/mol. The van der Waals surface area contributed by atoms with Crippen molar-refractivity contribution in [3.05, 3.63) is 100 Å². The molecule has 1 aliphatic heterocycles. The molecule has 1 atom stereocenters. The van der Waals surface area contributed by atoms with Crippen LogP contribution in [0.4, 0.5) is 0 Å². The van der Waals surface area contributed by atoms with Crippen LogP contribution in [0.1, 0.15) is 48.4 Å². The molecule has 0 saturated heterocycles. The molecule has 0 bridgehead atoms. The number of terminal acetylenes is 1. The minimum absolute atomic E-state index is 0.0453. The molecular weight excluding hydrogens is 484 g/mol. The van der Waals surface area contributed by atoms with Gasteiger partial charge >= 0.3 is 0 Å². The summed E-state index contributed by atoms with van der Waals surface area (Å²) < 4.78 is 2.54. The van der Waals surface area contributed by atoms with E-state index in [9.17, 15) is 5.21 Å². The van der Waals surface area contributed by atoms with E-state index in [1.165, 1.54) is 19.2 Å². The van der Waals surface area contributed by atoms with Crippen molar-refractivity contribution in [2.45, 2.75) is 31.6 Å². The van der Waals surface area contributed by atoms with Gasteiger partial charge in [0.05, 0.1) is 11.6 Å². The number of nitrogens with zero attached hydrogens (tertiary/aromatic N) is 6. The zero-order chi connectivity index (χ0) is 25.4. The molecular formula is C29H23ClN6O. The number of pyridine rings is 1. The van der Waals surface area contributed by atoms with E-state index in [1.807, 2.05) is 54.7 Å². The number of allylic oxidation sites excluding steroid dienone is 1. The lowest BCUT2D eigenvalue weighted by atomic mass is 9.88. The van der Waals surface area contributed by atoms with Crippen molar-refractivity contribution in [3.8, 4) is 29.2 Å².